The average Bonchev–Trinajstić information content (AvgIpc) is 2.38. The lowest BCUT2D eigenvalue weighted by molar-refractivity contribution is -0.385. The van der Waals surface area contributed by atoms with E-state index in [1.54, 1.807) is 13.0 Å². The number of carbonyl (C=O) groups excluding carboxylic acids is 1. The topological polar surface area (TPSA) is 82.3 Å². The minimum Gasteiger partial charge on any atom is -0.465 e. The maximum atomic E-state index is 10.8. The monoisotopic (exact) mass is 288 g/mol. The number of rotatable bonds is 7. The van der Waals surface area contributed by atoms with Crippen LogP contribution in [-0.4, -0.2) is 28.2 Å². The Balaban J connectivity index is 2.23. The molecule has 1 heterocycles. The summed E-state index contributed by atoms with van der Waals surface area (Å²) in [5, 5.41) is 11.1. The molecule has 0 aliphatic rings. The van der Waals surface area contributed by atoms with Gasteiger partial charge in [0.25, 0.3) is 5.69 Å². The summed E-state index contributed by atoms with van der Waals surface area (Å²) in [5.41, 5.74) is -0.0266. The summed E-state index contributed by atoms with van der Waals surface area (Å²) in [6.07, 6.45) is 1.60. The highest BCUT2D eigenvalue weighted by Crippen LogP contribution is 2.29. The normalized spacial score (nSPS) is 10.1. The number of pyridine rings is 1. The SMILES string of the molecule is CCC(=O)OCCSSc1ccc([N+](=O)[O-])cn1. The molecule has 1 aromatic rings. The number of carbonyl (C=O) groups is 1. The van der Waals surface area contributed by atoms with Crippen molar-refractivity contribution in [3.63, 3.8) is 0 Å². The van der Waals surface area contributed by atoms with Crippen LogP contribution < -0.4 is 0 Å². The van der Waals surface area contributed by atoms with E-state index in [-0.39, 0.29) is 11.7 Å². The molecular formula is C10H12N2O4S2. The second kappa shape index (κ2) is 7.93. The van der Waals surface area contributed by atoms with Gasteiger partial charge in [0, 0.05) is 18.2 Å². The highest BCUT2D eigenvalue weighted by Gasteiger charge is 2.05. The zero-order valence-electron chi connectivity index (χ0n) is 9.70. The third kappa shape index (κ3) is 5.37. The van der Waals surface area contributed by atoms with Gasteiger partial charge < -0.3 is 4.74 Å². The number of hydrogen-bond donors (Lipinski definition) is 0. The van der Waals surface area contributed by atoms with Gasteiger partial charge in [-0.2, -0.15) is 0 Å². The molecule has 1 rings (SSSR count). The largest absolute Gasteiger partial charge is 0.465 e. The fourth-order valence-electron chi connectivity index (χ4n) is 0.923. The summed E-state index contributed by atoms with van der Waals surface area (Å²) in [6.45, 7) is 2.10. The highest BCUT2D eigenvalue weighted by molar-refractivity contribution is 8.76. The first kappa shape index (κ1) is 14.8. The van der Waals surface area contributed by atoms with Gasteiger partial charge in [-0.05, 0) is 16.9 Å². The Labute approximate surface area is 112 Å². The number of esters is 1. The molecule has 0 saturated heterocycles. The molecule has 0 atom stereocenters. The Kier molecular flexibility index (Phi) is 6.51. The Morgan fingerprint density at radius 2 is 2.33 bits per heavy atom. The van der Waals surface area contributed by atoms with Gasteiger partial charge in [-0.25, -0.2) is 4.98 Å². The lowest BCUT2D eigenvalue weighted by Crippen LogP contribution is -2.04. The third-order valence-corrected chi connectivity index (χ3v) is 4.02. The third-order valence-electron chi connectivity index (χ3n) is 1.79. The van der Waals surface area contributed by atoms with Crippen molar-refractivity contribution in [1.29, 1.82) is 0 Å². The molecule has 0 radical (unpaired) electrons. The van der Waals surface area contributed by atoms with Crippen molar-refractivity contribution in [3.05, 3.63) is 28.4 Å². The summed E-state index contributed by atoms with van der Waals surface area (Å²) < 4.78 is 4.90. The second-order valence-corrected chi connectivity index (χ2v) is 5.53. The van der Waals surface area contributed by atoms with E-state index in [2.05, 4.69) is 4.98 Å². The van der Waals surface area contributed by atoms with Crippen molar-refractivity contribution in [3.8, 4) is 0 Å². The number of nitro groups is 1. The summed E-state index contributed by atoms with van der Waals surface area (Å²) in [7, 11) is 2.87. The average molecular weight is 288 g/mol. The van der Waals surface area contributed by atoms with Crippen LogP contribution in [0.15, 0.2) is 23.4 Å². The molecule has 0 unspecified atom stereocenters. The van der Waals surface area contributed by atoms with Crippen LogP contribution in [0.4, 0.5) is 5.69 Å². The summed E-state index contributed by atoms with van der Waals surface area (Å²) in [5.74, 6) is 0.434. The molecule has 0 spiro atoms. The smallest absolute Gasteiger partial charge is 0.305 e. The molecule has 0 bridgehead atoms. The lowest BCUT2D eigenvalue weighted by Gasteiger charge is -2.02. The van der Waals surface area contributed by atoms with Crippen LogP contribution in [0.25, 0.3) is 0 Å². The van der Waals surface area contributed by atoms with E-state index in [0.29, 0.717) is 23.8 Å². The molecule has 6 nitrogen and oxygen atoms in total. The van der Waals surface area contributed by atoms with Crippen molar-refractivity contribution in [1.82, 2.24) is 4.98 Å². The predicted octanol–water partition coefficient (Wildman–Crippen LogP) is 2.68. The van der Waals surface area contributed by atoms with Gasteiger partial charge in [0.2, 0.25) is 0 Å². The van der Waals surface area contributed by atoms with Crippen molar-refractivity contribution in [2.75, 3.05) is 12.4 Å². The van der Waals surface area contributed by atoms with E-state index in [1.165, 1.54) is 33.9 Å². The number of nitrogens with zero attached hydrogens (tertiary/aromatic N) is 2. The number of hydrogen-bond acceptors (Lipinski definition) is 7. The molecular weight excluding hydrogens is 276 g/mol. The summed E-state index contributed by atoms with van der Waals surface area (Å²) >= 11 is 0. The van der Waals surface area contributed by atoms with Crippen LogP contribution in [0.1, 0.15) is 13.3 Å². The molecule has 0 fully saturated rings. The molecule has 0 aliphatic heterocycles. The van der Waals surface area contributed by atoms with Crippen LogP contribution in [0, 0.1) is 10.1 Å². The second-order valence-electron chi connectivity index (χ2n) is 3.09. The molecule has 98 valence electrons. The van der Waals surface area contributed by atoms with E-state index < -0.39 is 4.92 Å². The number of aromatic nitrogens is 1. The van der Waals surface area contributed by atoms with Crippen molar-refractivity contribution >= 4 is 33.2 Å². The Morgan fingerprint density at radius 1 is 1.56 bits per heavy atom. The summed E-state index contributed by atoms with van der Waals surface area (Å²) in [4.78, 5) is 24.7. The molecule has 0 amide bonds. The van der Waals surface area contributed by atoms with Crippen LogP contribution in [0.5, 0.6) is 0 Å². The Morgan fingerprint density at radius 3 is 2.89 bits per heavy atom. The molecule has 1 aromatic heterocycles. The van der Waals surface area contributed by atoms with E-state index in [4.69, 9.17) is 4.74 Å². The minimum absolute atomic E-state index is 0.0266. The van der Waals surface area contributed by atoms with Crippen LogP contribution in [0.3, 0.4) is 0 Å². The zero-order chi connectivity index (χ0) is 13.4. The first-order valence-corrected chi connectivity index (χ1v) is 7.51. The fraction of sp³-hybridized carbons (Fsp3) is 0.400. The van der Waals surface area contributed by atoms with Gasteiger partial charge in [0.15, 0.2) is 0 Å². The Bertz CT molecular complexity index is 411. The van der Waals surface area contributed by atoms with Crippen molar-refractivity contribution in [2.45, 2.75) is 18.4 Å². The van der Waals surface area contributed by atoms with Gasteiger partial charge in [-0.15, -0.1) is 0 Å². The standard InChI is InChI=1S/C10H12N2O4S2/c1-2-10(13)16-5-6-17-18-9-4-3-8(7-11-9)12(14)15/h3-4,7H,2,5-6H2,1H3. The maximum Gasteiger partial charge on any atom is 0.305 e. The Hall–Kier alpha value is -1.28. The molecule has 0 aliphatic carbocycles. The summed E-state index contributed by atoms with van der Waals surface area (Å²) in [6, 6.07) is 3.00. The number of ether oxygens (including phenoxy) is 1. The van der Waals surface area contributed by atoms with Gasteiger partial charge in [-0.1, -0.05) is 17.7 Å². The minimum atomic E-state index is -0.487. The van der Waals surface area contributed by atoms with Crippen molar-refractivity contribution < 1.29 is 14.5 Å². The van der Waals surface area contributed by atoms with Crippen LogP contribution in [-0.2, 0) is 9.53 Å². The van der Waals surface area contributed by atoms with E-state index in [0.717, 1.165) is 0 Å². The van der Waals surface area contributed by atoms with Crippen molar-refractivity contribution in [2.24, 2.45) is 0 Å². The van der Waals surface area contributed by atoms with E-state index in [9.17, 15) is 14.9 Å². The van der Waals surface area contributed by atoms with Gasteiger partial charge in [0.05, 0.1) is 4.92 Å². The van der Waals surface area contributed by atoms with E-state index in [1.807, 2.05) is 0 Å². The van der Waals surface area contributed by atoms with Gasteiger partial charge in [0.1, 0.15) is 17.8 Å². The fourth-order valence-corrected chi connectivity index (χ4v) is 2.61. The first-order valence-electron chi connectivity index (χ1n) is 5.19. The van der Waals surface area contributed by atoms with Gasteiger partial charge >= 0.3 is 5.97 Å². The zero-order valence-corrected chi connectivity index (χ0v) is 11.3. The molecule has 0 aromatic carbocycles. The predicted molar refractivity (Wildman–Crippen MR) is 70.5 cm³/mol. The first-order chi connectivity index (χ1) is 8.63. The molecule has 8 heteroatoms. The van der Waals surface area contributed by atoms with Crippen LogP contribution in [0.2, 0.25) is 0 Å². The molecule has 0 N–H and O–H groups in total. The molecule has 0 saturated carbocycles. The van der Waals surface area contributed by atoms with Gasteiger partial charge in [-0.3, -0.25) is 14.9 Å². The highest BCUT2D eigenvalue weighted by atomic mass is 33.1. The quantitative estimate of drug-likeness (QED) is 0.251. The van der Waals surface area contributed by atoms with Crippen LogP contribution >= 0.6 is 21.6 Å². The molecule has 18 heavy (non-hydrogen) atoms. The maximum absolute atomic E-state index is 10.8. The lowest BCUT2D eigenvalue weighted by atomic mass is 10.4. The van der Waals surface area contributed by atoms with E-state index >= 15 is 0 Å².